The van der Waals surface area contributed by atoms with Crippen molar-refractivity contribution in [1.82, 2.24) is 19.7 Å². The van der Waals surface area contributed by atoms with Gasteiger partial charge in [0.15, 0.2) is 0 Å². The molecule has 134 valence electrons. The number of carbonyl (C=O) groups is 1. The normalized spacial score (nSPS) is 10.9. The van der Waals surface area contributed by atoms with Crippen molar-refractivity contribution in [3.05, 3.63) is 82.0 Å². The number of aryl methyl sites for hydroxylation is 1. The molecule has 2 heterocycles. The number of amides is 1. The molecule has 0 spiro atoms. The third kappa shape index (κ3) is 3.59. The van der Waals surface area contributed by atoms with Crippen molar-refractivity contribution in [3.8, 4) is 5.69 Å². The summed E-state index contributed by atoms with van der Waals surface area (Å²) >= 11 is 0. The van der Waals surface area contributed by atoms with Crippen LogP contribution in [0, 0.1) is 0 Å². The molecular weight excluding hydrogens is 328 g/mol. The zero-order valence-electron chi connectivity index (χ0n) is 15.1. The summed E-state index contributed by atoms with van der Waals surface area (Å²) in [6.07, 6.45) is 3.55. The van der Waals surface area contributed by atoms with Gasteiger partial charge in [0.2, 0.25) is 0 Å². The molecule has 0 aliphatic rings. The summed E-state index contributed by atoms with van der Waals surface area (Å²) in [4.78, 5) is 24.5. The van der Waals surface area contributed by atoms with Crippen LogP contribution >= 0.6 is 0 Å². The summed E-state index contributed by atoms with van der Waals surface area (Å²) in [6, 6.07) is 13.0. The van der Waals surface area contributed by atoms with Gasteiger partial charge in [-0.15, -0.1) is 0 Å². The number of hydrogen-bond donors (Lipinski definition) is 1. The third-order valence-electron chi connectivity index (χ3n) is 4.20. The number of aromatic nitrogens is 3. The Balaban J connectivity index is 1.83. The Kier molecular flexibility index (Phi) is 5.02. The Hall–Kier alpha value is -3.15. The standard InChI is InChI=1S/C20H22N4O2/c1-14(2)18-15(13-24(22-18)16-8-5-4-6-9-16)12-21-19(25)17-10-7-11-23(3)20(17)26/h4-11,13-14H,12H2,1-3H3,(H,21,25). The molecule has 1 amide bonds. The van der Waals surface area contributed by atoms with Gasteiger partial charge in [-0.3, -0.25) is 9.59 Å². The fourth-order valence-corrected chi connectivity index (χ4v) is 2.80. The molecule has 0 unspecified atom stereocenters. The van der Waals surface area contributed by atoms with Gasteiger partial charge in [0, 0.05) is 31.5 Å². The predicted molar refractivity (Wildman–Crippen MR) is 101 cm³/mol. The van der Waals surface area contributed by atoms with E-state index in [0.717, 1.165) is 16.9 Å². The Morgan fingerprint density at radius 1 is 1.15 bits per heavy atom. The molecule has 3 rings (SSSR count). The molecule has 0 aliphatic carbocycles. The van der Waals surface area contributed by atoms with Crippen LogP contribution in [0.2, 0.25) is 0 Å². The van der Waals surface area contributed by atoms with Crippen LogP contribution in [0.15, 0.2) is 59.7 Å². The third-order valence-corrected chi connectivity index (χ3v) is 4.20. The molecule has 0 bridgehead atoms. The van der Waals surface area contributed by atoms with Crippen LogP contribution in [0.1, 0.15) is 41.4 Å². The highest BCUT2D eigenvalue weighted by atomic mass is 16.2. The number of benzene rings is 1. The SMILES string of the molecule is CC(C)c1nn(-c2ccccc2)cc1CNC(=O)c1cccn(C)c1=O. The Labute approximate surface area is 152 Å². The van der Waals surface area contributed by atoms with Gasteiger partial charge in [0.25, 0.3) is 11.5 Å². The van der Waals surface area contributed by atoms with Crippen molar-refractivity contribution < 1.29 is 4.79 Å². The quantitative estimate of drug-likeness (QED) is 0.769. The largest absolute Gasteiger partial charge is 0.348 e. The van der Waals surface area contributed by atoms with Crippen molar-refractivity contribution in [2.75, 3.05) is 0 Å². The first kappa shape index (κ1) is 17.7. The Bertz CT molecular complexity index is 971. The van der Waals surface area contributed by atoms with Gasteiger partial charge in [-0.2, -0.15) is 5.10 Å². The zero-order chi connectivity index (χ0) is 18.7. The van der Waals surface area contributed by atoms with Crippen LogP contribution in [0.5, 0.6) is 0 Å². The van der Waals surface area contributed by atoms with Gasteiger partial charge in [0.05, 0.1) is 11.4 Å². The molecule has 0 aliphatic heterocycles. The van der Waals surface area contributed by atoms with E-state index in [1.807, 2.05) is 41.2 Å². The van der Waals surface area contributed by atoms with Gasteiger partial charge >= 0.3 is 0 Å². The molecule has 0 saturated carbocycles. The average molecular weight is 350 g/mol. The topological polar surface area (TPSA) is 68.9 Å². The minimum atomic E-state index is -0.381. The highest BCUT2D eigenvalue weighted by molar-refractivity contribution is 5.93. The Morgan fingerprint density at radius 2 is 1.88 bits per heavy atom. The van der Waals surface area contributed by atoms with Gasteiger partial charge in [-0.25, -0.2) is 4.68 Å². The highest BCUT2D eigenvalue weighted by Gasteiger charge is 2.16. The number of carbonyl (C=O) groups excluding carboxylic acids is 1. The lowest BCUT2D eigenvalue weighted by Gasteiger charge is -2.07. The molecule has 6 heteroatoms. The lowest BCUT2D eigenvalue weighted by Crippen LogP contribution is -2.31. The van der Waals surface area contributed by atoms with Crippen LogP contribution in [0.3, 0.4) is 0 Å². The summed E-state index contributed by atoms with van der Waals surface area (Å²) in [7, 11) is 1.62. The van der Waals surface area contributed by atoms with Crippen LogP contribution in [0.4, 0.5) is 0 Å². The van der Waals surface area contributed by atoms with Crippen LogP contribution in [0.25, 0.3) is 5.69 Å². The number of nitrogens with zero attached hydrogens (tertiary/aromatic N) is 3. The minimum Gasteiger partial charge on any atom is -0.348 e. The van der Waals surface area contributed by atoms with E-state index >= 15 is 0 Å². The number of rotatable bonds is 5. The van der Waals surface area contributed by atoms with E-state index < -0.39 is 0 Å². The lowest BCUT2D eigenvalue weighted by atomic mass is 10.1. The van der Waals surface area contributed by atoms with Gasteiger partial charge in [-0.05, 0) is 30.2 Å². The first-order valence-corrected chi connectivity index (χ1v) is 8.55. The molecule has 0 radical (unpaired) electrons. The molecule has 3 aromatic rings. The second-order valence-electron chi connectivity index (χ2n) is 6.49. The maximum atomic E-state index is 12.4. The molecule has 0 fully saturated rings. The van der Waals surface area contributed by atoms with E-state index in [-0.39, 0.29) is 22.9 Å². The van der Waals surface area contributed by atoms with E-state index in [4.69, 9.17) is 0 Å². The average Bonchev–Trinajstić information content (AvgIpc) is 3.07. The molecular formula is C20H22N4O2. The van der Waals surface area contributed by atoms with E-state index in [1.165, 1.54) is 10.6 Å². The first-order valence-electron chi connectivity index (χ1n) is 8.55. The van der Waals surface area contributed by atoms with E-state index in [9.17, 15) is 9.59 Å². The van der Waals surface area contributed by atoms with Crippen LogP contribution < -0.4 is 10.9 Å². The molecule has 0 saturated heterocycles. The predicted octanol–water partition coefficient (Wildman–Crippen LogP) is 2.62. The van der Waals surface area contributed by atoms with Crippen molar-refractivity contribution in [3.63, 3.8) is 0 Å². The van der Waals surface area contributed by atoms with Crippen molar-refractivity contribution in [1.29, 1.82) is 0 Å². The second kappa shape index (κ2) is 7.39. The van der Waals surface area contributed by atoms with Crippen molar-refractivity contribution >= 4 is 5.91 Å². The van der Waals surface area contributed by atoms with Crippen molar-refractivity contribution in [2.24, 2.45) is 7.05 Å². The number of nitrogens with one attached hydrogen (secondary N) is 1. The van der Waals surface area contributed by atoms with E-state index in [0.29, 0.717) is 6.54 Å². The monoisotopic (exact) mass is 350 g/mol. The van der Waals surface area contributed by atoms with E-state index in [1.54, 1.807) is 19.3 Å². The molecule has 0 atom stereocenters. The van der Waals surface area contributed by atoms with Gasteiger partial charge in [0.1, 0.15) is 5.56 Å². The fraction of sp³-hybridized carbons (Fsp3) is 0.250. The maximum absolute atomic E-state index is 12.4. The highest BCUT2D eigenvalue weighted by Crippen LogP contribution is 2.20. The summed E-state index contributed by atoms with van der Waals surface area (Å²) in [6.45, 7) is 4.45. The summed E-state index contributed by atoms with van der Waals surface area (Å²) in [5, 5.41) is 7.50. The van der Waals surface area contributed by atoms with Gasteiger partial charge in [-0.1, -0.05) is 32.0 Å². The number of para-hydroxylation sites is 1. The second-order valence-corrected chi connectivity index (χ2v) is 6.49. The number of hydrogen-bond acceptors (Lipinski definition) is 3. The summed E-state index contributed by atoms with van der Waals surface area (Å²) in [5.41, 5.74) is 2.65. The van der Waals surface area contributed by atoms with Crippen LogP contribution in [-0.2, 0) is 13.6 Å². The van der Waals surface area contributed by atoms with Crippen LogP contribution in [-0.4, -0.2) is 20.3 Å². The maximum Gasteiger partial charge on any atom is 0.263 e. The van der Waals surface area contributed by atoms with Crippen molar-refractivity contribution in [2.45, 2.75) is 26.3 Å². The summed E-state index contributed by atoms with van der Waals surface area (Å²) < 4.78 is 3.21. The molecule has 2 aromatic heterocycles. The minimum absolute atomic E-state index is 0.136. The Morgan fingerprint density at radius 3 is 2.58 bits per heavy atom. The number of pyridine rings is 1. The molecule has 6 nitrogen and oxygen atoms in total. The lowest BCUT2D eigenvalue weighted by molar-refractivity contribution is 0.0948. The molecule has 26 heavy (non-hydrogen) atoms. The molecule has 1 N–H and O–H groups in total. The fourth-order valence-electron chi connectivity index (χ4n) is 2.80. The smallest absolute Gasteiger partial charge is 0.263 e. The molecule has 1 aromatic carbocycles. The first-order chi connectivity index (χ1) is 12.5. The summed E-state index contributed by atoms with van der Waals surface area (Å²) in [5.74, 6) is -0.162. The zero-order valence-corrected chi connectivity index (χ0v) is 15.1. The van der Waals surface area contributed by atoms with E-state index in [2.05, 4.69) is 24.3 Å². The van der Waals surface area contributed by atoms with Gasteiger partial charge < -0.3 is 9.88 Å².